The van der Waals surface area contributed by atoms with Crippen molar-refractivity contribution in [3.05, 3.63) is 95.7 Å². The van der Waals surface area contributed by atoms with Gasteiger partial charge in [-0.1, -0.05) is 60.7 Å². The van der Waals surface area contributed by atoms with Gasteiger partial charge in [-0.25, -0.2) is 4.98 Å². The van der Waals surface area contributed by atoms with E-state index in [0.29, 0.717) is 24.6 Å². The molecule has 3 unspecified atom stereocenters. The van der Waals surface area contributed by atoms with Crippen LogP contribution in [-0.2, 0) is 11.2 Å². The topological polar surface area (TPSA) is 65.5 Å². The number of amides is 2. The molecule has 6 nitrogen and oxygen atoms in total. The molecule has 1 saturated carbocycles. The van der Waals surface area contributed by atoms with Crippen LogP contribution in [-0.4, -0.2) is 53.9 Å². The van der Waals surface area contributed by atoms with Gasteiger partial charge < -0.3 is 15.1 Å². The molecule has 2 amide bonds. The molecule has 3 aromatic rings. The Kier molecular flexibility index (Phi) is 7.31. The number of nitrogens with zero attached hydrogens (tertiary/aromatic N) is 3. The van der Waals surface area contributed by atoms with Crippen molar-refractivity contribution in [1.29, 1.82) is 0 Å². The third kappa shape index (κ3) is 5.76. The maximum atomic E-state index is 13.0. The van der Waals surface area contributed by atoms with Crippen molar-refractivity contribution < 1.29 is 9.59 Å². The largest absolute Gasteiger partial charge is 0.353 e. The molecule has 1 N–H and O–H groups in total. The predicted octanol–water partition coefficient (Wildman–Crippen LogP) is 4.29. The quantitative estimate of drug-likeness (QED) is 0.520. The fourth-order valence-corrected chi connectivity index (χ4v) is 5.04. The normalized spacial score (nSPS) is 20.0. The van der Waals surface area contributed by atoms with Gasteiger partial charge in [0, 0.05) is 44.3 Å². The zero-order chi connectivity index (χ0) is 24.9. The number of rotatable bonds is 8. The van der Waals surface area contributed by atoms with Gasteiger partial charge >= 0.3 is 0 Å². The maximum absolute atomic E-state index is 13.0. The second-order valence-electron chi connectivity index (χ2n) is 9.98. The van der Waals surface area contributed by atoms with Crippen molar-refractivity contribution in [1.82, 2.24) is 15.2 Å². The van der Waals surface area contributed by atoms with E-state index in [4.69, 9.17) is 0 Å². The van der Waals surface area contributed by atoms with Crippen molar-refractivity contribution in [2.75, 3.05) is 31.1 Å². The molecule has 2 aromatic carbocycles. The smallest absolute Gasteiger partial charge is 0.253 e. The highest BCUT2D eigenvalue weighted by Gasteiger charge is 2.46. The second kappa shape index (κ2) is 10.9. The van der Waals surface area contributed by atoms with Crippen LogP contribution in [0.15, 0.2) is 79.0 Å². The molecule has 2 heterocycles. The molecule has 1 aliphatic heterocycles. The Hall–Kier alpha value is -3.67. The number of aryl methyl sites for hydroxylation is 1. The molecule has 5 rings (SSSR count). The first-order chi connectivity index (χ1) is 17.6. The van der Waals surface area contributed by atoms with Crippen LogP contribution in [0.5, 0.6) is 0 Å². The summed E-state index contributed by atoms with van der Waals surface area (Å²) in [6.45, 7) is 4.96. The van der Waals surface area contributed by atoms with Crippen molar-refractivity contribution in [3.8, 4) is 0 Å². The van der Waals surface area contributed by atoms with E-state index in [1.54, 1.807) is 6.20 Å². The molecule has 1 aromatic heterocycles. The number of aromatic nitrogens is 1. The summed E-state index contributed by atoms with van der Waals surface area (Å²) in [6.07, 6.45) is 4.43. The van der Waals surface area contributed by atoms with Gasteiger partial charge in [-0.2, -0.15) is 0 Å². The third-order valence-electron chi connectivity index (χ3n) is 7.35. The summed E-state index contributed by atoms with van der Waals surface area (Å²) >= 11 is 0. The van der Waals surface area contributed by atoms with Gasteiger partial charge in [0.15, 0.2) is 0 Å². The molecule has 36 heavy (non-hydrogen) atoms. The number of hydrogen-bond acceptors (Lipinski definition) is 4. The minimum absolute atomic E-state index is 0.0796. The summed E-state index contributed by atoms with van der Waals surface area (Å²) in [7, 11) is 0. The SMILES string of the molecule is CC(CCc1ccccc1)NC(=O)c1ccc(N2CCN(C(=O)C3CC3c3ccccc3)CC2)nc1. The summed E-state index contributed by atoms with van der Waals surface area (Å²) in [5, 5.41) is 3.08. The van der Waals surface area contributed by atoms with Gasteiger partial charge in [-0.05, 0) is 55.4 Å². The van der Waals surface area contributed by atoms with Crippen molar-refractivity contribution in [2.45, 2.75) is 38.1 Å². The lowest BCUT2D eigenvalue weighted by molar-refractivity contribution is -0.133. The van der Waals surface area contributed by atoms with E-state index in [-0.39, 0.29) is 23.8 Å². The molecular weight excluding hydrogens is 448 g/mol. The molecular formula is C30H34N4O2. The fourth-order valence-electron chi connectivity index (χ4n) is 5.04. The van der Waals surface area contributed by atoms with E-state index in [9.17, 15) is 9.59 Å². The molecule has 186 valence electrons. The fraction of sp³-hybridized carbons (Fsp3) is 0.367. The molecule has 2 fully saturated rings. The zero-order valence-corrected chi connectivity index (χ0v) is 20.8. The van der Waals surface area contributed by atoms with E-state index < -0.39 is 0 Å². The van der Waals surface area contributed by atoms with Crippen molar-refractivity contribution >= 4 is 17.6 Å². The van der Waals surface area contributed by atoms with E-state index in [1.165, 1.54) is 11.1 Å². The Bertz CT molecular complexity index is 1160. The molecule has 3 atom stereocenters. The monoisotopic (exact) mass is 482 g/mol. The Labute approximate surface area is 213 Å². The Morgan fingerprint density at radius 1 is 0.944 bits per heavy atom. The summed E-state index contributed by atoms with van der Waals surface area (Å²) in [4.78, 5) is 34.4. The molecule has 0 radical (unpaired) electrons. The van der Waals surface area contributed by atoms with E-state index in [0.717, 1.165) is 38.2 Å². The van der Waals surface area contributed by atoms with Crippen molar-refractivity contribution in [3.63, 3.8) is 0 Å². The van der Waals surface area contributed by atoms with Crippen molar-refractivity contribution in [2.24, 2.45) is 5.92 Å². The highest BCUT2D eigenvalue weighted by Crippen LogP contribution is 2.48. The Morgan fingerprint density at radius 3 is 2.31 bits per heavy atom. The first-order valence-electron chi connectivity index (χ1n) is 13.0. The summed E-state index contributed by atoms with van der Waals surface area (Å²) < 4.78 is 0. The molecule has 0 spiro atoms. The van der Waals surface area contributed by atoms with Crippen LogP contribution in [0, 0.1) is 5.92 Å². The number of benzene rings is 2. The summed E-state index contributed by atoms with van der Waals surface area (Å²) in [5.74, 6) is 1.54. The first kappa shape index (κ1) is 24.0. The van der Waals surface area contributed by atoms with Crippen LogP contribution in [0.25, 0.3) is 0 Å². The average molecular weight is 483 g/mol. The van der Waals surface area contributed by atoms with Gasteiger partial charge in [0.2, 0.25) is 5.91 Å². The number of carbonyl (C=O) groups excluding carboxylic acids is 2. The van der Waals surface area contributed by atoms with E-state index >= 15 is 0 Å². The van der Waals surface area contributed by atoms with Crippen LogP contribution in [0.3, 0.4) is 0 Å². The minimum atomic E-state index is -0.0950. The van der Waals surface area contributed by atoms with Crippen LogP contribution in [0.4, 0.5) is 5.82 Å². The first-order valence-corrected chi connectivity index (χ1v) is 13.0. The number of hydrogen-bond donors (Lipinski definition) is 1. The van der Waals surface area contributed by atoms with Gasteiger partial charge in [-0.3, -0.25) is 9.59 Å². The highest BCUT2D eigenvalue weighted by atomic mass is 16.2. The number of anilines is 1. The van der Waals surface area contributed by atoms with E-state index in [1.807, 2.05) is 60.4 Å². The van der Waals surface area contributed by atoms with Crippen LogP contribution < -0.4 is 10.2 Å². The summed E-state index contributed by atoms with van der Waals surface area (Å²) in [5.41, 5.74) is 3.12. The van der Waals surface area contributed by atoms with Crippen LogP contribution in [0.2, 0.25) is 0 Å². The number of carbonyl (C=O) groups is 2. The molecule has 1 aliphatic carbocycles. The van der Waals surface area contributed by atoms with E-state index in [2.05, 4.69) is 39.5 Å². The molecule has 0 bridgehead atoms. The van der Waals surface area contributed by atoms with Gasteiger partial charge in [0.25, 0.3) is 5.91 Å². The third-order valence-corrected chi connectivity index (χ3v) is 7.35. The Balaban J connectivity index is 1.07. The zero-order valence-electron chi connectivity index (χ0n) is 20.8. The second-order valence-corrected chi connectivity index (χ2v) is 9.98. The minimum Gasteiger partial charge on any atom is -0.353 e. The van der Waals surface area contributed by atoms with Gasteiger partial charge in [-0.15, -0.1) is 0 Å². The molecule has 2 aliphatic rings. The average Bonchev–Trinajstić information content (AvgIpc) is 3.74. The lowest BCUT2D eigenvalue weighted by atomic mass is 10.1. The number of nitrogens with one attached hydrogen (secondary N) is 1. The summed E-state index contributed by atoms with van der Waals surface area (Å²) in [6, 6.07) is 24.5. The number of pyridine rings is 1. The van der Waals surface area contributed by atoms with Gasteiger partial charge in [0.05, 0.1) is 5.56 Å². The molecule has 6 heteroatoms. The molecule has 1 saturated heterocycles. The lowest BCUT2D eigenvalue weighted by Crippen LogP contribution is -2.49. The predicted molar refractivity (Wildman–Crippen MR) is 142 cm³/mol. The van der Waals surface area contributed by atoms with Gasteiger partial charge in [0.1, 0.15) is 5.82 Å². The number of piperazine rings is 1. The Morgan fingerprint density at radius 2 is 1.64 bits per heavy atom. The van der Waals surface area contributed by atoms with Crippen LogP contribution in [0.1, 0.15) is 47.2 Å². The maximum Gasteiger partial charge on any atom is 0.253 e. The van der Waals surface area contributed by atoms with Crippen LogP contribution >= 0.6 is 0 Å². The highest BCUT2D eigenvalue weighted by molar-refractivity contribution is 5.94. The lowest BCUT2D eigenvalue weighted by Gasteiger charge is -2.35. The standard InChI is InChI=1S/C30H34N4O2/c1-22(12-13-23-8-4-2-5-9-23)32-29(35)25-14-15-28(31-21-25)33-16-18-34(19-17-33)30(36)27-20-26(27)24-10-6-3-7-11-24/h2-11,14-15,21-22,26-27H,12-13,16-20H2,1H3,(H,32,35).